The molecule has 1 aromatic heterocycles. The molecule has 0 amide bonds. The Morgan fingerprint density at radius 2 is 0.973 bits per heavy atom. The number of fused-ring (bicyclic) bond motifs is 3. The van der Waals surface area contributed by atoms with Crippen LogP contribution in [0.5, 0.6) is 0 Å². The van der Waals surface area contributed by atoms with Crippen LogP contribution in [0.1, 0.15) is 0 Å². The molecule has 0 fully saturated rings. The summed E-state index contributed by atoms with van der Waals surface area (Å²) in [5.41, 5.74) is 6.38. The van der Waals surface area contributed by atoms with Gasteiger partial charge in [0.05, 0.1) is 0 Å². The standard InChI is InChI=1S/C34H21BrN2/c35-26-17-16-23-20-25(15-14-24(23)21-26)33-30-12-6-7-13-31(30)34(37-36-33)32-19-18-27(22-8-2-1-3-9-22)28-10-4-5-11-29(28)32/h1-21H. The van der Waals surface area contributed by atoms with Crippen LogP contribution >= 0.6 is 15.9 Å². The number of nitrogens with zero attached hydrogens (tertiary/aromatic N) is 2. The molecule has 7 rings (SSSR count). The molecule has 3 heteroatoms. The van der Waals surface area contributed by atoms with Crippen molar-refractivity contribution in [1.82, 2.24) is 10.2 Å². The van der Waals surface area contributed by atoms with Crippen LogP contribution in [0, 0.1) is 0 Å². The molecule has 0 saturated carbocycles. The average Bonchev–Trinajstić information content (AvgIpc) is 2.96. The SMILES string of the molecule is Brc1ccc2cc(-c3nnc(-c4ccc(-c5ccccc5)c5ccccc45)c4ccccc34)ccc2c1. The minimum Gasteiger partial charge on any atom is -0.149 e. The third-order valence-electron chi connectivity index (χ3n) is 7.03. The fourth-order valence-electron chi connectivity index (χ4n) is 5.25. The van der Waals surface area contributed by atoms with Gasteiger partial charge in [0.1, 0.15) is 11.4 Å². The van der Waals surface area contributed by atoms with Crippen LogP contribution in [0.3, 0.4) is 0 Å². The molecule has 0 aliphatic carbocycles. The Labute approximate surface area is 223 Å². The number of benzene rings is 6. The normalized spacial score (nSPS) is 11.4. The zero-order valence-corrected chi connectivity index (χ0v) is 21.5. The van der Waals surface area contributed by atoms with Gasteiger partial charge < -0.3 is 0 Å². The highest BCUT2D eigenvalue weighted by Crippen LogP contribution is 2.39. The maximum absolute atomic E-state index is 4.84. The summed E-state index contributed by atoms with van der Waals surface area (Å²) >= 11 is 3.57. The van der Waals surface area contributed by atoms with Gasteiger partial charge in [0, 0.05) is 26.4 Å². The van der Waals surface area contributed by atoms with E-state index in [1.807, 2.05) is 0 Å². The predicted molar refractivity (Wildman–Crippen MR) is 159 cm³/mol. The van der Waals surface area contributed by atoms with Crippen molar-refractivity contribution in [3.8, 4) is 33.6 Å². The van der Waals surface area contributed by atoms with E-state index in [0.29, 0.717) is 0 Å². The van der Waals surface area contributed by atoms with Crippen LogP contribution < -0.4 is 0 Å². The highest BCUT2D eigenvalue weighted by molar-refractivity contribution is 9.10. The third-order valence-corrected chi connectivity index (χ3v) is 7.52. The minimum absolute atomic E-state index is 0.898. The summed E-state index contributed by atoms with van der Waals surface area (Å²) in [7, 11) is 0. The van der Waals surface area contributed by atoms with Gasteiger partial charge in [-0.15, -0.1) is 10.2 Å². The van der Waals surface area contributed by atoms with Gasteiger partial charge in [-0.25, -0.2) is 0 Å². The molecule has 0 aliphatic heterocycles. The number of hydrogen-bond acceptors (Lipinski definition) is 2. The zero-order chi connectivity index (χ0) is 24.8. The van der Waals surface area contributed by atoms with Gasteiger partial charge in [-0.3, -0.25) is 0 Å². The maximum Gasteiger partial charge on any atom is 0.101 e. The molecular weight excluding hydrogens is 516 g/mol. The number of aromatic nitrogens is 2. The van der Waals surface area contributed by atoms with Crippen molar-refractivity contribution < 1.29 is 0 Å². The fourth-order valence-corrected chi connectivity index (χ4v) is 5.63. The Hall–Kier alpha value is -4.34. The van der Waals surface area contributed by atoms with Gasteiger partial charge in [0.25, 0.3) is 0 Å². The van der Waals surface area contributed by atoms with Crippen molar-refractivity contribution in [2.45, 2.75) is 0 Å². The molecule has 2 nitrogen and oxygen atoms in total. The van der Waals surface area contributed by atoms with E-state index in [1.54, 1.807) is 0 Å². The lowest BCUT2D eigenvalue weighted by Gasteiger charge is -2.14. The van der Waals surface area contributed by atoms with Crippen LogP contribution in [-0.4, -0.2) is 10.2 Å². The topological polar surface area (TPSA) is 25.8 Å². The summed E-state index contributed by atoms with van der Waals surface area (Å²) < 4.78 is 1.08. The molecule has 0 saturated heterocycles. The molecule has 37 heavy (non-hydrogen) atoms. The Morgan fingerprint density at radius 1 is 0.405 bits per heavy atom. The lowest BCUT2D eigenvalue weighted by atomic mass is 9.92. The fraction of sp³-hybridized carbons (Fsp3) is 0. The molecule has 6 aromatic carbocycles. The third kappa shape index (κ3) is 3.80. The summed E-state index contributed by atoms with van der Waals surface area (Å²) in [4.78, 5) is 0. The van der Waals surface area contributed by atoms with Gasteiger partial charge in [-0.05, 0) is 50.9 Å². The van der Waals surface area contributed by atoms with Crippen LogP contribution in [0.2, 0.25) is 0 Å². The Morgan fingerprint density at radius 3 is 1.76 bits per heavy atom. The summed E-state index contributed by atoms with van der Waals surface area (Å²) in [6.45, 7) is 0. The van der Waals surface area contributed by atoms with Gasteiger partial charge in [0.2, 0.25) is 0 Å². The summed E-state index contributed by atoms with van der Waals surface area (Å²) in [5, 5.41) is 16.6. The maximum atomic E-state index is 4.84. The van der Waals surface area contributed by atoms with Crippen LogP contribution in [0.15, 0.2) is 132 Å². The van der Waals surface area contributed by atoms with E-state index in [0.717, 1.165) is 37.8 Å². The lowest BCUT2D eigenvalue weighted by Crippen LogP contribution is -1.96. The summed E-state index contributed by atoms with van der Waals surface area (Å²) in [6.07, 6.45) is 0. The van der Waals surface area contributed by atoms with Crippen molar-refractivity contribution in [3.63, 3.8) is 0 Å². The average molecular weight is 537 g/mol. The van der Waals surface area contributed by atoms with Crippen molar-refractivity contribution >= 4 is 48.2 Å². The number of rotatable bonds is 3. The largest absolute Gasteiger partial charge is 0.149 e. The van der Waals surface area contributed by atoms with Crippen LogP contribution in [0.25, 0.3) is 66.0 Å². The first-order valence-corrected chi connectivity index (χ1v) is 13.1. The molecule has 0 atom stereocenters. The van der Waals surface area contributed by atoms with Crippen molar-refractivity contribution in [2.75, 3.05) is 0 Å². The van der Waals surface area contributed by atoms with E-state index in [9.17, 15) is 0 Å². The van der Waals surface area contributed by atoms with Crippen molar-refractivity contribution in [1.29, 1.82) is 0 Å². The first kappa shape index (κ1) is 21.9. The molecule has 0 radical (unpaired) electrons. The Bertz CT molecular complexity index is 1940. The first-order chi connectivity index (χ1) is 18.3. The highest BCUT2D eigenvalue weighted by atomic mass is 79.9. The predicted octanol–water partition coefficient (Wildman–Crippen LogP) is 9.70. The monoisotopic (exact) mass is 536 g/mol. The minimum atomic E-state index is 0.898. The summed E-state index contributed by atoms with van der Waals surface area (Å²) in [5.74, 6) is 0. The van der Waals surface area contributed by atoms with Crippen molar-refractivity contribution in [2.24, 2.45) is 0 Å². The first-order valence-electron chi connectivity index (χ1n) is 12.3. The zero-order valence-electron chi connectivity index (χ0n) is 19.9. The molecule has 7 aromatic rings. The Kier molecular flexibility index (Phi) is 5.30. The highest BCUT2D eigenvalue weighted by Gasteiger charge is 2.16. The van der Waals surface area contributed by atoms with E-state index in [-0.39, 0.29) is 0 Å². The second-order valence-corrected chi connectivity index (χ2v) is 10.1. The second-order valence-electron chi connectivity index (χ2n) is 9.22. The van der Waals surface area contributed by atoms with E-state index in [4.69, 9.17) is 10.2 Å². The van der Waals surface area contributed by atoms with Gasteiger partial charge >= 0.3 is 0 Å². The quantitative estimate of drug-likeness (QED) is 0.224. The molecule has 1 heterocycles. The molecule has 0 N–H and O–H groups in total. The van der Waals surface area contributed by atoms with Gasteiger partial charge in [-0.1, -0.05) is 125 Å². The second kappa shape index (κ2) is 8.95. The number of halogens is 1. The Balaban J connectivity index is 1.44. The molecule has 0 unspecified atom stereocenters. The van der Waals surface area contributed by atoms with Gasteiger partial charge in [0.15, 0.2) is 0 Å². The summed E-state index contributed by atoms with van der Waals surface area (Å²) in [6, 6.07) is 44.8. The van der Waals surface area contributed by atoms with E-state index in [2.05, 4.69) is 143 Å². The molecule has 174 valence electrons. The smallest absolute Gasteiger partial charge is 0.101 e. The van der Waals surface area contributed by atoms with Crippen LogP contribution in [0.4, 0.5) is 0 Å². The molecule has 0 aliphatic rings. The van der Waals surface area contributed by atoms with E-state index in [1.165, 1.54) is 32.7 Å². The molecule has 0 spiro atoms. The lowest BCUT2D eigenvalue weighted by molar-refractivity contribution is 1.06. The molecular formula is C34H21BrN2. The van der Waals surface area contributed by atoms with E-state index < -0.39 is 0 Å². The van der Waals surface area contributed by atoms with E-state index >= 15 is 0 Å². The molecule has 0 bridgehead atoms. The number of hydrogen-bond donors (Lipinski definition) is 0. The van der Waals surface area contributed by atoms with Crippen LogP contribution in [-0.2, 0) is 0 Å². The van der Waals surface area contributed by atoms with Gasteiger partial charge in [-0.2, -0.15) is 0 Å². The van der Waals surface area contributed by atoms with Crippen molar-refractivity contribution in [3.05, 3.63) is 132 Å².